The van der Waals surface area contributed by atoms with E-state index in [1.807, 2.05) is 0 Å². The van der Waals surface area contributed by atoms with Crippen LogP contribution < -0.4 is 0 Å². The predicted molar refractivity (Wildman–Crippen MR) is 88.5 cm³/mol. The Morgan fingerprint density at radius 1 is 1.14 bits per heavy atom. The lowest BCUT2D eigenvalue weighted by molar-refractivity contribution is 0.265. The zero-order valence-corrected chi connectivity index (χ0v) is 13.6. The van der Waals surface area contributed by atoms with Gasteiger partial charge in [0.1, 0.15) is 12.4 Å². The van der Waals surface area contributed by atoms with Gasteiger partial charge in [-0.25, -0.2) is 4.98 Å². The summed E-state index contributed by atoms with van der Waals surface area (Å²) in [6, 6.07) is 6.50. The fourth-order valence-electron chi connectivity index (χ4n) is 2.80. The molecule has 0 unspecified atom stereocenters. The highest BCUT2D eigenvalue weighted by Gasteiger charge is 2.11. The van der Waals surface area contributed by atoms with Crippen LogP contribution in [0.5, 0.6) is 0 Å². The van der Waals surface area contributed by atoms with Gasteiger partial charge in [-0.05, 0) is 30.0 Å². The number of hydrogen-bond donors (Lipinski definition) is 1. The molecular formula is C18H28N2O. The van der Waals surface area contributed by atoms with Crippen LogP contribution in [-0.4, -0.2) is 14.7 Å². The monoisotopic (exact) mass is 288 g/mol. The normalized spacial score (nSPS) is 11.7. The van der Waals surface area contributed by atoms with Crippen LogP contribution in [0.2, 0.25) is 0 Å². The number of rotatable bonds is 8. The first-order valence-electron chi connectivity index (χ1n) is 8.27. The first kappa shape index (κ1) is 16.0. The van der Waals surface area contributed by atoms with E-state index >= 15 is 0 Å². The number of imidazole rings is 1. The van der Waals surface area contributed by atoms with Crippen molar-refractivity contribution in [1.29, 1.82) is 0 Å². The molecule has 0 saturated carbocycles. The number of aromatic nitrogens is 2. The number of benzene rings is 1. The van der Waals surface area contributed by atoms with Gasteiger partial charge in [0.15, 0.2) is 0 Å². The maximum absolute atomic E-state index is 9.56. The smallest absolute Gasteiger partial charge is 0.135 e. The molecule has 0 saturated heterocycles. The molecule has 2 rings (SSSR count). The highest BCUT2D eigenvalue weighted by molar-refractivity contribution is 5.77. The molecule has 1 aromatic carbocycles. The average Bonchev–Trinajstić information content (AvgIpc) is 2.84. The lowest BCUT2D eigenvalue weighted by atomic mass is 10.0. The molecule has 2 aromatic rings. The van der Waals surface area contributed by atoms with Crippen molar-refractivity contribution in [3.8, 4) is 0 Å². The minimum absolute atomic E-state index is 0.0145. The van der Waals surface area contributed by atoms with Crippen molar-refractivity contribution in [2.24, 2.45) is 0 Å². The minimum atomic E-state index is 0.0145. The maximum atomic E-state index is 9.56. The molecule has 0 amide bonds. The standard InChI is InChI=1S/C18H28N2O/c1-4-5-6-7-8-11-20-17-10-9-15(14(2)3)12-16(17)19-18(20)13-21/h9-10,12,14,21H,4-8,11,13H2,1-3H3. The second kappa shape index (κ2) is 7.60. The van der Waals surface area contributed by atoms with Gasteiger partial charge in [-0.1, -0.05) is 52.5 Å². The second-order valence-electron chi connectivity index (χ2n) is 6.15. The summed E-state index contributed by atoms with van der Waals surface area (Å²) in [6.07, 6.45) is 6.30. The van der Waals surface area contributed by atoms with Gasteiger partial charge in [-0.2, -0.15) is 0 Å². The Kier molecular flexibility index (Phi) is 5.80. The SMILES string of the molecule is CCCCCCCn1c(CO)nc2cc(C(C)C)ccc21. The molecule has 0 aliphatic heterocycles. The summed E-state index contributed by atoms with van der Waals surface area (Å²) >= 11 is 0. The van der Waals surface area contributed by atoms with Crippen molar-refractivity contribution in [2.45, 2.75) is 71.9 Å². The van der Waals surface area contributed by atoms with Gasteiger partial charge in [-0.15, -0.1) is 0 Å². The van der Waals surface area contributed by atoms with Crippen LogP contribution in [0.1, 0.15) is 70.2 Å². The number of aliphatic hydroxyl groups is 1. The molecule has 1 heterocycles. The van der Waals surface area contributed by atoms with Crippen molar-refractivity contribution in [3.05, 3.63) is 29.6 Å². The topological polar surface area (TPSA) is 38.0 Å². The molecule has 0 fully saturated rings. The van der Waals surface area contributed by atoms with E-state index < -0.39 is 0 Å². The fraction of sp³-hybridized carbons (Fsp3) is 0.611. The van der Waals surface area contributed by atoms with Gasteiger partial charge < -0.3 is 9.67 Å². The predicted octanol–water partition coefficient (Wildman–Crippen LogP) is 4.62. The van der Waals surface area contributed by atoms with Crippen LogP contribution in [0.25, 0.3) is 11.0 Å². The molecular weight excluding hydrogens is 260 g/mol. The Balaban J connectivity index is 2.17. The highest BCUT2D eigenvalue weighted by Crippen LogP contribution is 2.23. The molecule has 1 N–H and O–H groups in total. The van der Waals surface area contributed by atoms with Crippen LogP contribution >= 0.6 is 0 Å². The quantitative estimate of drug-likeness (QED) is 0.720. The third-order valence-corrected chi connectivity index (χ3v) is 4.14. The average molecular weight is 288 g/mol. The Bertz CT molecular complexity index is 572. The maximum Gasteiger partial charge on any atom is 0.135 e. The molecule has 21 heavy (non-hydrogen) atoms. The Morgan fingerprint density at radius 2 is 1.90 bits per heavy atom. The van der Waals surface area contributed by atoms with E-state index in [-0.39, 0.29) is 6.61 Å². The summed E-state index contributed by atoms with van der Waals surface area (Å²) in [5.41, 5.74) is 3.47. The summed E-state index contributed by atoms with van der Waals surface area (Å²) in [5.74, 6) is 1.30. The summed E-state index contributed by atoms with van der Waals surface area (Å²) in [6.45, 7) is 7.59. The summed E-state index contributed by atoms with van der Waals surface area (Å²) < 4.78 is 2.19. The number of aryl methyl sites for hydroxylation is 1. The summed E-state index contributed by atoms with van der Waals surface area (Å²) in [4.78, 5) is 4.60. The van der Waals surface area contributed by atoms with E-state index in [0.29, 0.717) is 5.92 Å². The van der Waals surface area contributed by atoms with Gasteiger partial charge in [0.05, 0.1) is 11.0 Å². The Hall–Kier alpha value is -1.35. The zero-order valence-electron chi connectivity index (χ0n) is 13.6. The molecule has 116 valence electrons. The van der Waals surface area contributed by atoms with Gasteiger partial charge in [0, 0.05) is 6.54 Å². The van der Waals surface area contributed by atoms with Crippen molar-refractivity contribution in [1.82, 2.24) is 9.55 Å². The van der Waals surface area contributed by atoms with E-state index in [4.69, 9.17) is 0 Å². The van der Waals surface area contributed by atoms with Gasteiger partial charge in [0.25, 0.3) is 0 Å². The van der Waals surface area contributed by atoms with E-state index in [1.54, 1.807) is 0 Å². The largest absolute Gasteiger partial charge is 0.388 e. The molecule has 1 aromatic heterocycles. The number of aliphatic hydroxyl groups excluding tert-OH is 1. The van der Waals surface area contributed by atoms with Crippen molar-refractivity contribution < 1.29 is 5.11 Å². The number of unbranched alkanes of at least 4 members (excludes halogenated alkanes) is 4. The zero-order chi connectivity index (χ0) is 15.2. The third kappa shape index (κ3) is 3.85. The fourth-order valence-corrected chi connectivity index (χ4v) is 2.80. The van der Waals surface area contributed by atoms with Crippen molar-refractivity contribution in [2.75, 3.05) is 0 Å². The lowest BCUT2D eigenvalue weighted by Gasteiger charge is -2.09. The molecule has 0 bridgehead atoms. The van der Waals surface area contributed by atoms with Crippen LogP contribution in [0, 0.1) is 0 Å². The number of hydrogen-bond acceptors (Lipinski definition) is 2. The molecule has 0 atom stereocenters. The summed E-state index contributed by atoms with van der Waals surface area (Å²) in [7, 11) is 0. The number of fused-ring (bicyclic) bond motifs is 1. The third-order valence-electron chi connectivity index (χ3n) is 4.14. The minimum Gasteiger partial charge on any atom is -0.388 e. The van der Waals surface area contributed by atoms with Crippen LogP contribution in [0.3, 0.4) is 0 Å². The Labute approximate surface area is 128 Å². The van der Waals surface area contributed by atoms with Gasteiger partial charge >= 0.3 is 0 Å². The van der Waals surface area contributed by atoms with E-state index in [9.17, 15) is 5.11 Å². The molecule has 3 nitrogen and oxygen atoms in total. The lowest BCUT2D eigenvalue weighted by Crippen LogP contribution is -2.04. The van der Waals surface area contributed by atoms with Crippen LogP contribution in [0.15, 0.2) is 18.2 Å². The van der Waals surface area contributed by atoms with Crippen LogP contribution in [0.4, 0.5) is 0 Å². The first-order valence-corrected chi connectivity index (χ1v) is 8.27. The molecule has 0 aliphatic carbocycles. The Morgan fingerprint density at radius 3 is 2.57 bits per heavy atom. The van der Waals surface area contributed by atoms with Gasteiger partial charge in [0.2, 0.25) is 0 Å². The summed E-state index contributed by atoms with van der Waals surface area (Å²) in [5, 5.41) is 9.56. The molecule has 0 spiro atoms. The molecule has 0 radical (unpaired) electrons. The highest BCUT2D eigenvalue weighted by atomic mass is 16.3. The first-order chi connectivity index (χ1) is 10.2. The van der Waals surface area contributed by atoms with E-state index in [2.05, 4.69) is 48.5 Å². The van der Waals surface area contributed by atoms with Gasteiger partial charge in [-0.3, -0.25) is 0 Å². The molecule has 3 heteroatoms. The van der Waals surface area contributed by atoms with Crippen LogP contribution in [-0.2, 0) is 13.2 Å². The van der Waals surface area contributed by atoms with Crippen molar-refractivity contribution >= 4 is 11.0 Å². The van der Waals surface area contributed by atoms with E-state index in [1.165, 1.54) is 31.2 Å². The van der Waals surface area contributed by atoms with Crippen molar-refractivity contribution in [3.63, 3.8) is 0 Å². The number of nitrogens with zero attached hydrogens (tertiary/aromatic N) is 2. The molecule has 0 aliphatic rings. The van der Waals surface area contributed by atoms with E-state index in [0.717, 1.165) is 29.8 Å². The second-order valence-corrected chi connectivity index (χ2v) is 6.15.